The maximum Gasteiger partial charge on any atom is 0.176 e. The predicted octanol–water partition coefficient (Wildman–Crippen LogP) is 3.93. The van der Waals surface area contributed by atoms with Crippen molar-refractivity contribution in [2.24, 2.45) is 0 Å². The van der Waals surface area contributed by atoms with Crippen molar-refractivity contribution in [3.8, 4) is 0 Å². The second kappa shape index (κ2) is 5.52. The third-order valence-electron chi connectivity index (χ3n) is 4.23. The summed E-state index contributed by atoms with van der Waals surface area (Å²) in [5.74, 6) is 0.990. The quantitative estimate of drug-likeness (QED) is 0.681. The van der Waals surface area contributed by atoms with E-state index >= 15 is 0 Å². The Balaban J connectivity index is 1.78. The predicted molar refractivity (Wildman–Crippen MR) is 92.9 cm³/mol. The molecule has 0 saturated carbocycles. The first-order valence-electron chi connectivity index (χ1n) is 7.24. The van der Waals surface area contributed by atoms with E-state index in [1.54, 1.807) is 29.4 Å². The molecule has 1 unspecified atom stereocenters. The molecule has 0 bridgehead atoms. The molecule has 2 aromatic heterocycles. The topological polar surface area (TPSA) is 41.9 Å². The summed E-state index contributed by atoms with van der Waals surface area (Å²) in [6, 6.07) is 9.10. The molecular formula is C16H16N4S2. The second-order valence-electron chi connectivity index (χ2n) is 5.40. The molecule has 6 heteroatoms. The zero-order chi connectivity index (χ0) is 15.1. The molecule has 0 aliphatic heterocycles. The highest BCUT2D eigenvalue weighted by atomic mass is 32.2. The highest BCUT2D eigenvalue weighted by molar-refractivity contribution is 8.00. The van der Waals surface area contributed by atoms with Crippen molar-refractivity contribution in [3.63, 3.8) is 0 Å². The largest absolute Gasteiger partial charge is 0.351 e. The van der Waals surface area contributed by atoms with Gasteiger partial charge in [-0.15, -0.1) is 11.3 Å². The van der Waals surface area contributed by atoms with Crippen LogP contribution < -0.4 is 4.90 Å². The number of hydrogen-bond donors (Lipinski definition) is 0. The summed E-state index contributed by atoms with van der Waals surface area (Å²) < 4.78 is 2.12. The number of rotatable bonds is 3. The lowest BCUT2D eigenvalue weighted by molar-refractivity contribution is 0.657. The molecule has 3 aromatic rings. The molecule has 1 aliphatic carbocycles. The van der Waals surface area contributed by atoms with Crippen LogP contribution in [0.5, 0.6) is 0 Å². The molecule has 0 spiro atoms. The first-order chi connectivity index (χ1) is 10.8. The molecule has 2 heterocycles. The van der Waals surface area contributed by atoms with E-state index in [9.17, 15) is 0 Å². The van der Waals surface area contributed by atoms with Gasteiger partial charge in [-0.1, -0.05) is 36.0 Å². The summed E-state index contributed by atoms with van der Waals surface area (Å²) in [5.41, 5.74) is 3.68. The number of anilines is 1. The van der Waals surface area contributed by atoms with Crippen molar-refractivity contribution in [2.45, 2.75) is 23.2 Å². The molecule has 0 N–H and O–H groups in total. The van der Waals surface area contributed by atoms with Gasteiger partial charge < -0.3 is 4.90 Å². The van der Waals surface area contributed by atoms with Crippen LogP contribution in [0.3, 0.4) is 0 Å². The van der Waals surface area contributed by atoms with Gasteiger partial charge in [-0.25, -0.2) is 15.0 Å². The summed E-state index contributed by atoms with van der Waals surface area (Å²) in [4.78, 5) is 15.7. The lowest BCUT2D eigenvalue weighted by atomic mass is 10.1. The first kappa shape index (κ1) is 14.0. The standard InChI is InChI=1S/C16H16N4S2/c1-20(12-8-7-10-5-3-4-6-11(10)12)15-13-14(17-9-18-15)19-16(21-2)22-13/h3-6,9,12H,7-8H2,1-2H3. The maximum absolute atomic E-state index is 4.55. The Labute approximate surface area is 137 Å². The number of thioether (sulfide) groups is 1. The first-order valence-corrected chi connectivity index (χ1v) is 9.28. The van der Waals surface area contributed by atoms with Crippen molar-refractivity contribution in [3.05, 3.63) is 41.7 Å². The van der Waals surface area contributed by atoms with Gasteiger partial charge in [0.25, 0.3) is 0 Å². The number of aryl methyl sites for hydroxylation is 1. The van der Waals surface area contributed by atoms with Gasteiger partial charge in [0.05, 0.1) is 6.04 Å². The van der Waals surface area contributed by atoms with E-state index in [1.807, 2.05) is 6.26 Å². The van der Waals surface area contributed by atoms with Crippen molar-refractivity contribution in [1.29, 1.82) is 0 Å². The van der Waals surface area contributed by atoms with Gasteiger partial charge >= 0.3 is 0 Å². The van der Waals surface area contributed by atoms with Gasteiger partial charge in [0, 0.05) is 7.05 Å². The summed E-state index contributed by atoms with van der Waals surface area (Å²) in [6.07, 6.45) is 5.94. The van der Waals surface area contributed by atoms with E-state index in [2.05, 4.69) is 51.2 Å². The van der Waals surface area contributed by atoms with Crippen LogP contribution in [0.4, 0.5) is 5.82 Å². The normalized spacial score (nSPS) is 16.9. The van der Waals surface area contributed by atoms with Crippen LogP contribution in [0, 0.1) is 0 Å². The minimum absolute atomic E-state index is 0.383. The molecule has 1 aromatic carbocycles. The fraction of sp³-hybridized carbons (Fsp3) is 0.312. The molecule has 4 rings (SSSR count). The lowest BCUT2D eigenvalue weighted by Crippen LogP contribution is -2.23. The van der Waals surface area contributed by atoms with Gasteiger partial charge in [0.1, 0.15) is 11.0 Å². The summed E-state index contributed by atoms with van der Waals surface area (Å²) in [5, 5.41) is 0. The van der Waals surface area contributed by atoms with E-state index in [-0.39, 0.29) is 0 Å². The van der Waals surface area contributed by atoms with Crippen molar-refractivity contribution < 1.29 is 0 Å². The summed E-state index contributed by atoms with van der Waals surface area (Å²) in [6.45, 7) is 0. The van der Waals surface area contributed by atoms with E-state index in [4.69, 9.17) is 0 Å². The molecule has 0 saturated heterocycles. The Morgan fingerprint density at radius 1 is 1.27 bits per heavy atom. The third kappa shape index (κ3) is 2.18. The maximum atomic E-state index is 4.55. The monoisotopic (exact) mass is 328 g/mol. The van der Waals surface area contributed by atoms with Gasteiger partial charge in [0.2, 0.25) is 0 Å². The average molecular weight is 328 g/mol. The van der Waals surface area contributed by atoms with Crippen LogP contribution in [-0.2, 0) is 6.42 Å². The van der Waals surface area contributed by atoms with Gasteiger partial charge in [-0.2, -0.15) is 0 Å². The van der Waals surface area contributed by atoms with Gasteiger partial charge in [-0.3, -0.25) is 0 Å². The second-order valence-corrected chi connectivity index (χ2v) is 7.45. The molecular weight excluding hydrogens is 312 g/mol. The molecule has 22 heavy (non-hydrogen) atoms. The zero-order valence-electron chi connectivity index (χ0n) is 12.5. The van der Waals surface area contributed by atoms with Crippen LogP contribution in [0.15, 0.2) is 34.9 Å². The van der Waals surface area contributed by atoms with E-state index in [0.29, 0.717) is 6.04 Å². The Bertz CT molecular complexity index is 830. The third-order valence-corrected chi connectivity index (χ3v) is 6.26. The van der Waals surface area contributed by atoms with E-state index in [0.717, 1.165) is 33.3 Å². The van der Waals surface area contributed by atoms with Gasteiger partial charge in [-0.05, 0) is 30.2 Å². The highest BCUT2D eigenvalue weighted by Crippen LogP contribution is 2.40. The Morgan fingerprint density at radius 3 is 3.00 bits per heavy atom. The molecule has 112 valence electrons. The van der Waals surface area contributed by atoms with Crippen LogP contribution >= 0.6 is 23.1 Å². The summed E-state index contributed by atoms with van der Waals surface area (Å²) in [7, 11) is 2.13. The Hall–Kier alpha value is -1.66. The number of aromatic nitrogens is 3. The highest BCUT2D eigenvalue weighted by Gasteiger charge is 2.27. The molecule has 1 atom stereocenters. The average Bonchev–Trinajstić information content (AvgIpc) is 3.17. The van der Waals surface area contributed by atoms with Crippen LogP contribution in [-0.4, -0.2) is 28.3 Å². The molecule has 0 radical (unpaired) electrons. The fourth-order valence-electron chi connectivity index (χ4n) is 3.15. The van der Waals surface area contributed by atoms with E-state index < -0.39 is 0 Å². The van der Waals surface area contributed by atoms with Crippen molar-refractivity contribution in [2.75, 3.05) is 18.2 Å². The van der Waals surface area contributed by atoms with Crippen LogP contribution in [0.1, 0.15) is 23.6 Å². The molecule has 0 fully saturated rings. The lowest BCUT2D eigenvalue weighted by Gasteiger charge is -2.26. The van der Waals surface area contributed by atoms with Crippen LogP contribution in [0.25, 0.3) is 10.3 Å². The SMILES string of the molecule is CSc1nc2ncnc(N(C)C3CCc4ccccc43)c2s1. The number of benzene rings is 1. The number of nitrogens with zero attached hydrogens (tertiary/aromatic N) is 4. The molecule has 0 amide bonds. The number of hydrogen-bond acceptors (Lipinski definition) is 6. The van der Waals surface area contributed by atoms with Crippen molar-refractivity contribution in [1.82, 2.24) is 15.0 Å². The minimum atomic E-state index is 0.383. The zero-order valence-corrected chi connectivity index (χ0v) is 14.1. The summed E-state index contributed by atoms with van der Waals surface area (Å²) >= 11 is 3.33. The molecule has 1 aliphatic rings. The molecule has 4 nitrogen and oxygen atoms in total. The Kier molecular flexibility index (Phi) is 3.50. The number of fused-ring (bicyclic) bond motifs is 2. The Morgan fingerprint density at radius 2 is 2.14 bits per heavy atom. The fourth-order valence-corrected chi connectivity index (χ4v) is 4.69. The van der Waals surface area contributed by atoms with E-state index in [1.165, 1.54) is 11.1 Å². The minimum Gasteiger partial charge on any atom is -0.351 e. The van der Waals surface area contributed by atoms with Crippen molar-refractivity contribution >= 4 is 39.3 Å². The van der Waals surface area contributed by atoms with Gasteiger partial charge in [0.15, 0.2) is 15.8 Å². The number of thiazole rings is 1. The smallest absolute Gasteiger partial charge is 0.176 e. The van der Waals surface area contributed by atoms with Crippen LogP contribution in [0.2, 0.25) is 0 Å².